The van der Waals surface area contributed by atoms with E-state index in [2.05, 4.69) is 10.4 Å². The zero-order valence-corrected chi connectivity index (χ0v) is 11.8. The Bertz CT molecular complexity index is 448. The number of piperidine rings is 1. The highest BCUT2D eigenvalue weighted by atomic mass is 16.5. The number of carbonyl (C=O) groups is 1. The van der Waals surface area contributed by atoms with Crippen molar-refractivity contribution < 1.29 is 9.53 Å². The van der Waals surface area contributed by atoms with Crippen molar-refractivity contribution in [3.05, 3.63) is 18.0 Å². The van der Waals surface area contributed by atoms with Gasteiger partial charge in [-0.15, -0.1) is 0 Å². The number of nitrogens with zero attached hydrogens (tertiary/aromatic N) is 3. The number of hydrogen-bond donors (Lipinski definition) is 1. The summed E-state index contributed by atoms with van der Waals surface area (Å²) in [7, 11) is 0. The van der Waals surface area contributed by atoms with Gasteiger partial charge in [-0.05, 0) is 25.5 Å². The van der Waals surface area contributed by atoms with E-state index in [1.54, 1.807) is 6.20 Å². The van der Waals surface area contributed by atoms with Crippen LogP contribution in [0.25, 0.3) is 0 Å². The Hall–Kier alpha value is -1.40. The fraction of sp³-hybridized carbons (Fsp3) is 0.714. The maximum atomic E-state index is 12.3. The molecule has 110 valence electrons. The molecule has 0 spiro atoms. The topological polar surface area (TPSA) is 59.4 Å². The first-order chi connectivity index (χ1) is 9.84. The molecule has 2 aliphatic rings. The average molecular weight is 278 g/mol. The fourth-order valence-corrected chi connectivity index (χ4v) is 2.97. The molecule has 0 aliphatic carbocycles. The Balaban J connectivity index is 1.65. The molecule has 0 saturated carbocycles. The lowest BCUT2D eigenvalue weighted by Crippen LogP contribution is -2.42. The molecule has 6 nitrogen and oxygen atoms in total. The Kier molecular flexibility index (Phi) is 4.32. The molecule has 0 aromatic carbocycles. The number of nitrogens with one attached hydrogen (secondary N) is 1. The van der Waals surface area contributed by atoms with Gasteiger partial charge in [0, 0.05) is 37.4 Å². The minimum Gasteiger partial charge on any atom is -0.378 e. The lowest BCUT2D eigenvalue weighted by atomic mass is 9.96. The molecule has 2 fully saturated rings. The van der Waals surface area contributed by atoms with Gasteiger partial charge in [-0.1, -0.05) is 0 Å². The van der Waals surface area contributed by atoms with Gasteiger partial charge in [-0.3, -0.25) is 9.48 Å². The zero-order chi connectivity index (χ0) is 13.8. The van der Waals surface area contributed by atoms with Gasteiger partial charge in [0.05, 0.1) is 13.2 Å². The van der Waals surface area contributed by atoms with E-state index in [0.717, 1.165) is 13.1 Å². The maximum Gasteiger partial charge on any atom is 0.244 e. The van der Waals surface area contributed by atoms with Crippen LogP contribution in [-0.2, 0) is 16.1 Å². The van der Waals surface area contributed by atoms with E-state index in [1.807, 2.05) is 15.6 Å². The van der Waals surface area contributed by atoms with Crippen molar-refractivity contribution in [2.24, 2.45) is 0 Å². The predicted octanol–water partition coefficient (Wildman–Crippen LogP) is 0.209. The standard InChI is InChI=1S/C14H22N4O2/c19-14(17-6-8-20-9-7-17)11-18-13(3-5-16-18)12-2-1-4-15-10-12/h3,5,12,15H,1-2,4,6-11H2. The van der Waals surface area contributed by atoms with Crippen LogP contribution in [0.4, 0.5) is 0 Å². The highest BCUT2D eigenvalue weighted by molar-refractivity contribution is 5.76. The molecule has 6 heteroatoms. The summed E-state index contributed by atoms with van der Waals surface area (Å²) in [6.45, 7) is 5.10. The third-order valence-electron chi connectivity index (χ3n) is 4.11. The summed E-state index contributed by atoms with van der Waals surface area (Å²) >= 11 is 0. The quantitative estimate of drug-likeness (QED) is 0.858. The number of morpholine rings is 1. The molecular formula is C14H22N4O2. The van der Waals surface area contributed by atoms with Crippen LogP contribution in [0, 0.1) is 0 Å². The first-order valence-corrected chi connectivity index (χ1v) is 7.42. The molecule has 1 amide bonds. The van der Waals surface area contributed by atoms with E-state index < -0.39 is 0 Å². The Labute approximate surface area is 119 Å². The van der Waals surface area contributed by atoms with Crippen molar-refractivity contribution in [3.8, 4) is 0 Å². The average Bonchev–Trinajstić information content (AvgIpc) is 2.97. The van der Waals surface area contributed by atoms with Gasteiger partial charge in [0.25, 0.3) is 0 Å². The second-order valence-corrected chi connectivity index (χ2v) is 5.45. The third-order valence-corrected chi connectivity index (χ3v) is 4.11. The number of rotatable bonds is 3. The summed E-state index contributed by atoms with van der Waals surface area (Å²) in [6.07, 6.45) is 4.16. The largest absolute Gasteiger partial charge is 0.378 e. The number of hydrogen-bond acceptors (Lipinski definition) is 4. The van der Waals surface area contributed by atoms with Crippen LogP contribution in [0.3, 0.4) is 0 Å². The van der Waals surface area contributed by atoms with Crippen molar-refractivity contribution >= 4 is 5.91 Å². The van der Waals surface area contributed by atoms with Crippen molar-refractivity contribution in [2.75, 3.05) is 39.4 Å². The molecule has 2 saturated heterocycles. The molecule has 1 aromatic rings. The maximum absolute atomic E-state index is 12.3. The third kappa shape index (κ3) is 3.02. The van der Waals surface area contributed by atoms with Gasteiger partial charge in [-0.25, -0.2) is 0 Å². The zero-order valence-electron chi connectivity index (χ0n) is 11.8. The number of carbonyl (C=O) groups excluding carboxylic acids is 1. The molecule has 3 heterocycles. The lowest BCUT2D eigenvalue weighted by Gasteiger charge is -2.28. The molecular weight excluding hydrogens is 256 g/mol. The number of ether oxygens (including phenoxy) is 1. The molecule has 0 radical (unpaired) electrons. The summed E-state index contributed by atoms with van der Waals surface area (Å²) in [5.74, 6) is 0.616. The SMILES string of the molecule is O=C(Cn1nccc1C1CCCNC1)N1CCOCC1. The second-order valence-electron chi connectivity index (χ2n) is 5.45. The molecule has 1 aromatic heterocycles. The van der Waals surface area contributed by atoms with Crippen LogP contribution in [0.5, 0.6) is 0 Å². The molecule has 0 bridgehead atoms. The fourth-order valence-electron chi connectivity index (χ4n) is 2.97. The molecule has 1 N–H and O–H groups in total. The molecule has 20 heavy (non-hydrogen) atoms. The van der Waals surface area contributed by atoms with Crippen LogP contribution in [-0.4, -0.2) is 60.0 Å². The van der Waals surface area contributed by atoms with Gasteiger partial charge < -0.3 is 15.0 Å². The minimum atomic E-state index is 0.141. The van der Waals surface area contributed by atoms with Crippen LogP contribution in [0.1, 0.15) is 24.5 Å². The first-order valence-electron chi connectivity index (χ1n) is 7.42. The summed E-state index contributed by atoms with van der Waals surface area (Å²) in [6, 6.07) is 2.05. The summed E-state index contributed by atoms with van der Waals surface area (Å²) in [5, 5.41) is 7.75. The highest BCUT2D eigenvalue weighted by Crippen LogP contribution is 2.22. The summed E-state index contributed by atoms with van der Waals surface area (Å²) in [5.41, 5.74) is 1.18. The Morgan fingerprint density at radius 1 is 1.45 bits per heavy atom. The second kappa shape index (κ2) is 6.37. The van der Waals surface area contributed by atoms with Crippen LogP contribution in [0.2, 0.25) is 0 Å². The van der Waals surface area contributed by atoms with E-state index >= 15 is 0 Å². The first kappa shape index (κ1) is 13.6. The number of amides is 1. The molecule has 2 aliphatic heterocycles. The Morgan fingerprint density at radius 3 is 3.05 bits per heavy atom. The summed E-state index contributed by atoms with van der Waals surface area (Å²) < 4.78 is 7.15. The van der Waals surface area contributed by atoms with E-state index in [4.69, 9.17) is 4.74 Å². The highest BCUT2D eigenvalue weighted by Gasteiger charge is 2.22. The molecule has 3 rings (SSSR count). The van der Waals surface area contributed by atoms with Gasteiger partial charge in [-0.2, -0.15) is 5.10 Å². The smallest absolute Gasteiger partial charge is 0.244 e. The van der Waals surface area contributed by atoms with E-state index in [1.165, 1.54) is 18.5 Å². The van der Waals surface area contributed by atoms with Gasteiger partial charge in [0.15, 0.2) is 0 Å². The predicted molar refractivity (Wildman–Crippen MR) is 74.5 cm³/mol. The van der Waals surface area contributed by atoms with Gasteiger partial charge >= 0.3 is 0 Å². The van der Waals surface area contributed by atoms with Crippen molar-refractivity contribution in [3.63, 3.8) is 0 Å². The minimum absolute atomic E-state index is 0.141. The van der Waals surface area contributed by atoms with Crippen LogP contribution in [0.15, 0.2) is 12.3 Å². The van der Waals surface area contributed by atoms with Gasteiger partial charge in [0.1, 0.15) is 6.54 Å². The van der Waals surface area contributed by atoms with E-state index in [0.29, 0.717) is 38.8 Å². The Morgan fingerprint density at radius 2 is 2.30 bits per heavy atom. The van der Waals surface area contributed by atoms with E-state index in [9.17, 15) is 4.79 Å². The van der Waals surface area contributed by atoms with Crippen LogP contribution < -0.4 is 5.32 Å². The van der Waals surface area contributed by atoms with Gasteiger partial charge in [0.2, 0.25) is 5.91 Å². The van der Waals surface area contributed by atoms with Crippen molar-refractivity contribution in [1.29, 1.82) is 0 Å². The molecule has 1 atom stereocenters. The van der Waals surface area contributed by atoms with Crippen molar-refractivity contribution in [1.82, 2.24) is 20.0 Å². The summed E-state index contributed by atoms with van der Waals surface area (Å²) in [4.78, 5) is 14.2. The normalized spacial score (nSPS) is 23.8. The van der Waals surface area contributed by atoms with E-state index in [-0.39, 0.29) is 5.91 Å². The lowest BCUT2D eigenvalue weighted by molar-refractivity contribution is -0.136. The number of aromatic nitrogens is 2. The molecule has 1 unspecified atom stereocenters. The monoisotopic (exact) mass is 278 g/mol. The van der Waals surface area contributed by atoms with Crippen LogP contribution >= 0.6 is 0 Å². The van der Waals surface area contributed by atoms with Crippen molar-refractivity contribution in [2.45, 2.75) is 25.3 Å².